The first kappa shape index (κ1) is 13.0. The summed E-state index contributed by atoms with van der Waals surface area (Å²) in [6.45, 7) is 2.76. The molecule has 0 saturated carbocycles. The lowest BCUT2D eigenvalue weighted by Gasteiger charge is -2.06. The Morgan fingerprint density at radius 3 is 2.67 bits per heavy atom. The number of aryl methyl sites for hydroxylation is 1. The zero-order valence-electron chi connectivity index (χ0n) is 10.4. The van der Waals surface area contributed by atoms with Crippen LogP contribution < -0.4 is 5.32 Å². The predicted molar refractivity (Wildman–Crippen MR) is 79.3 cm³/mol. The van der Waals surface area contributed by atoms with Gasteiger partial charge < -0.3 is 5.32 Å². The number of benzene rings is 2. The Balaban J connectivity index is 2.06. The van der Waals surface area contributed by atoms with E-state index < -0.39 is 0 Å². The van der Waals surface area contributed by atoms with Crippen LogP contribution >= 0.6 is 12.6 Å². The van der Waals surface area contributed by atoms with E-state index in [9.17, 15) is 4.79 Å². The highest BCUT2D eigenvalue weighted by molar-refractivity contribution is 7.81. The molecule has 2 rings (SSSR count). The lowest BCUT2D eigenvalue weighted by molar-refractivity contribution is -0.118. The second-order valence-electron chi connectivity index (χ2n) is 4.44. The SMILES string of the molecule is Cc1ccc2cc(CCNC(=O)CS)ccc2c1. The summed E-state index contributed by atoms with van der Waals surface area (Å²) in [6, 6.07) is 12.9. The third kappa shape index (κ3) is 3.26. The largest absolute Gasteiger partial charge is 0.355 e. The fourth-order valence-electron chi connectivity index (χ4n) is 1.97. The minimum Gasteiger partial charge on any atom is -0.355 e. The van der Waals surface area contributed by atoms with E-state index in [0.717, 1.165) is 6.42 Å². The Morgan fingerprint density at radius 2 is 1.89 bits per heavy atom. The number of hydrogen-bond donors (Lipinski definition) is 2. The molecule has 1 amide bonds. The van der Waals surface area contributed by atoms with Crippen LogP contribution in [0.2, 0.25) is 0 Å². The van der Waals surface area contributed by atoms with Crippen molar-refractivity contribution in [3.05, 3.63) is 47.5 Å². The second-order valence-corrected chi connectivity index (χ2v) is 4.76. The van der Waals surface area contributed by atoms with E-state index in [1.165, 1.54) is 21.9 Å². The maximum absolute atomic E-state index is 11.1. The Morgan fingerprint density at radius 1 is 1.17 bits per heavy atom. The van der Waals surface area contributed by atoms with E-state index in [1.54, 1.807) is 0 Å². The molecule has 2 aromatic rings. The van der Waals surface area contributed by atoms with Gasteiger partial charge in [-0.15, -0.1) is 0 Å². The standard InChI is InChI=1S/C15H17NOS/c1-11-2-4-14-9-12(3-5-13(14)8-11)6-7-16-15(17)10-18/h2-5,8-9,18H,6-7,10H2,1H3,(H,16,17). The number of nitrogens with one attached hydrogen (secondary N) is 1. The second kappa shape index (κ2) is 5.91. The first-order valence-corrected chi connectivity index (χ1v) is 6.69. The van der Waals surface area contributed by atoms with E-state index in [-0.39, 0.29) is 11.7 Å². The quantitative estimate of drug-likeness (QED) is 0.812. The van der Waals surface area contributed by atoms with Crippen molar-refractivity contribution >= 4 is 29.3 Å². The van der Waals surface area contributed by atoms with Crippen molar-refractivity contribution in [1.82, 2.24) is 5.32 Å². The van der Waals surface area contributed by atoms with Gasteiger partial charge in [0.2, 0.25) is 5.91 Å². The van der Waals surface area contributed by atoms with Gasteiger partial charge in [-0.05, 0) is 29.7 Å². The van der Waals surface area contributed by atoms with E-state index in [2.05, 4.69) is 61.3 Å². The van der Waals surface area contributed by atoms with Crippen molar-refractivity contribution < 1.29 is 4.79 Å². The number of amides is 1. The highest BCUT2D eigenvalue weighted by Gasteiger charge is 1.99. The van der Waals surface area contributed by atoms with E-state index in [1.807, 2.05) is 0 Å². The summed E-state index contributed by atoms with van der Waals surface area (Å²) in [5.41, 5.74) is 2.52. The number of fused-ring (bicyclic) bond motifs is 1. The molecule has 0 aliphatic heterocycles. The van der Waals surface area contributed by atoms with Crippen LogP contribution in [0.3, 0.4) is 0 Å². The topological polar surface area (TPSA) is 29.1 Å². The Labute approximate surface area is 113 Å². The van der Waals surface area contributed by atoms with Crippen LogP contribution in [-0.4, -0.2) is 18.2 Å². The Kier molecular flexibility index (Phi) is 4.26. The Hall–Kier alpha value is -1.48. The van der Waals surface area contributed by atoms with Crippen LogP contribution in [0.5, 0.6) is 0 Å². The van der Waals surface area contributed by atoms with Crippen molar-refractivity contribution in [3.8, 4) is 0 Å². The van der Waals surface area contributed by atoms with Gasteiger partial charge in [-0.1, -0.05) is 42.0 Å². The molecule has 0 fully saturated rings. The van der Waals surface area contributed by atoms with Gasteiger partial charge in [0.25, 0.3) is 0 Å². The molecular weight excluding hydrogens is 242 g/mol. The van der Waals surface area contributed by atoms with Crippen molar-refractivity contribution in [3.63, 3.8) is 0 Å². The molecule has 0 heterocycles. The molecule has 0 atom stereocenters. The normalized spacial score (nSPS) is 10.6. The molecule has 18 heavy (non-hydrogen) atoms. The fourth-order valence-corrected chi connectivity index (χ4v) is 2.08. The summed E-state index contributed by atoms with van der Waals surface area (Å²) in [5, 5.41) is 5.33. The van der Waals surface area contributed by atoms with Gasteiger partial charge in [0.1, 0.15) is 0 Å². The molecule has 1 N–H and O–H groups in total. The van der Waals surface area contributed by atoms with Gasteiger partial charge >= 0.3 is 0 Å². The summed E-state index contributed by atoms with van der Waals surface area (Å²) in [6.07, 6.45) is 0.851. The van der Waals surface area contributed by atoms with Gasteiger partial charge in [0.15, 0.2) is 0 Å². The van der Waals surface area contributed by atoms with Crippen LogP contribution in [0.1, 0.15) is 11.1 Å². The molecule has 2 aromatic carbocycles. The monoisotopic (exact) mass is 259 g/mol. The molecule has 3 heteroatoms. The average molecular weight is 259 g/mol. The van der Waals surface area contributed by atoms with Gasteiger partial charge in [-0.3, -0.25) is 4.79 Å². The van der Waals surface area contributed by atoms with Crippen LogP contribution in [0.15, 0.2) is 36.4 Å². The maximum atomic E-state index is 11.1. The molecule has 0 aliphatic rings. The number of rotatable bonds is 4. The van der Waals surface area contributed by atoms with Crippen molar-refractivity contribution in [2.24, 2.45) is 0 Å². The zero-order chi connectivity index (χ0) is 13.0. The molecule has 0 radical (unpaired) electrons. The summed E-state index contributed by atoms with van der Waals surface area (Å²) in [7, 11) is 0. The predicted octanol–water partition coefficient (Wildman–Crippen LogP) is 2.74. The van der Waals surface area contributed by atoms with Crippen LogP contribution in [0, 0.1) is 6.92 Å². The van der Waals surface area contributed by atoms with Crippen LogP contribution in [0.4, 0.5) is 0 Å². The highest BCUT2D eigenvalue weighted by atomic mass is 32.1. The molecule has 0 saturated heterocycles. The minimum atomic E-state index is -0.0188. The lowest BCUT2D eigenvalue weighted by Crippen LogP contribution is -2.26. The highest BCUT2D eigenvalue weighted by Crippen LogP contribution is 2.17. The van der Waals surface area contributed by atoms with E-state index >= 15 is 0 Å². The summed E-state index contributed by atoms with van der Waals surface area (Å²) in [4.78, 5) is 11.1. The molecule has 0 bridgehead atoms. The molecule has 0 aliphatic carbocycles. The van der Waals surface area contributed by atoms with Crippen molar-refractivity contribution in [2.45, 2.75) is 13.3 Å². The third-order valence-electron chi connectivity index (χ3n) is 2.94. The first-order valence-electron chi connectivity index (χ1n) is 6.06. The molecular formula is C15H17NOS. The van der Waals surface area contributed by atoms with Crippen LogP contribution in [-0.2, 0) is 11.2 Å². The average Bonchev–Trinajstić information content (AvgIpc) is 2.38. The minimum absolute atomic E-state index is 0.0188. The van der Waals surface area contributed by atoms with E-state index in [4.69, 9.17) is 0 Å². The van der Waals surface area contributed by atoms with Crippen molar-refractivity contribution in [1.29, 1.82) is 0 Å². The number of carbonyl (C=O) groups is 1. The lowest BCUT2D eigenvalue weighted by atomic mass is 10.0. The van der Waals surface area contributed by atoms with Gasteiger partial charge in [0, 0.05) is 6.54 Å². The summed E-state index contributed by atoms with van der Waals surface area (Å²) < 4.78 is 0. The third-order valence-corrected chi connectivity index (χ3v) is 3.23. The maximum Gasteiger partial charge on any atom is 0.229 e. The molecule has 94 valence electrons. The first-order chi connectivity index (χ1) is 8.69. The molecule has 2 nitrogen and oxygen atoms in total. The summed E-state index contributed by atoms with van der Waals surface area (Å²) >= 11 is 3.92. The number of hydrogen-bond acceptors (Lipinski definition) is 2. The summed E-state index contributed by atoms with van der Waals surface area (Å²) in [5.74, 6) is 0.228. The van der Waals surface area contributed by atoms with E-state index in [0.29, 0.717) is 6.54 Å². The van der Waals surface area contributed by atoms with Crippen LogP contribution in [0.25, 0.3) is 10.8 Å². The van der Waals surface area contributed by atoms with Gasteiger partial charge in [-0.2, -0.15) is 12.6 Å². The molecule has 0 spiro atoms. The number of thiol groups is 1. The zero-order valence-corrected chi connectivity index (χ0v) is 11.3. The fraction of sp³-hybridized carbons (Fsp3) is 0.267. The molecule has 0 unspecified atom stereocenters. The van der Waals surface area contributed by atoms with Gasteiger partial charge in [0.05, 0.1) is 5.75 Å². The Bertz CT molecular complexity index is 565. The van der Waals surface area contributed by atoms with Gasteiger partial charge in [-0.25, -0.2) is 0 Å². The van der Waals surface area contributed by atoms with Crippen molar-refractivity contribution in [2.75, 3.05) is 12.3 Å². The molecule has 0 aromatic heterocycles. The smallest absolute Gasteiger partial charge is 0.229 e. The number of carbonyl (C=O) groups excluding carboxylic acids is 1.